The van der Waals surface area contributed by atoms with E-state index in [0.29, 0.717) is 0 Å². The van der Waals surface area contributed by atoms with E-state index in [1.54, 1.807) is 0 Å². The normalized spacial score (nSPS) is 42.9. The third-order valence-corrected chi connectivity index (χ3v) is 34.0. The Morgan fingerprint density at radius 3 is 0.822 bits per heavy atom. The maximum Gasteiger partial charge on any atom is 0.307 e. The van der Waals surface area contributed by atoms with Crippen molar-refractivity contribution in [2.75, 3.05) is 80.5 Å². The van der Waals surface area contributed by atoms with Crippen LogP contribution in [0.25, 0.3) is 0 Å². The lowest BCUT2D eigenvalue weighted by atomic mass is 9.68. The molecule has 30 heterocycles. The zero-order chi connectivity index (χ0) is 100.0. The average Bonchev–Trinajstić information content (AvgIpc) is 0.701. The fraction of sp³-hybridized carbons (Fsp3) is 0.899. The molecule has 0 aromatic carbocycles. The molecule has 0 radical (unpaired) electrons. The molecule has 16 bridgehead atoms. The molecule has 0 aliphatic carbocycles. The molecule has 0 aromatic rings. The first-order chi connectivity index (χ1) is 63.4. The van der Waals surface area contributed by atoms with E-state index in [9.17, 15) is 161 Å². The molecule has 24 N–H and O–H groups in total. The van der Waals surface area contributed by atoms with Crippen LogP contribution in [0.5, 0.6) is 0 Å². The second-order valence-electron chi connectivity index (χ2n) is 34.7. The minimum absolute atomic E-state index is 0.164. The fourth-order valence-electron chi connectivity index (χ4n) is 16.4. The van der Waals surface area contributed by atoms with E-state index in [1.807, 2.05) is 0 Å². The van der Waals surface area contributed by atoms with Gasteiger partial charge in [-0.3, -0.25) is 38.4 Å². The zero-order valence-corrected chi connectivity index (χ0v) is 80.7. The van der Waals surface area contributed by atoms with Crippen molar-refractivity contribution in [1.29, 1.82) is 0 Å². The highest BCUT2D eigenvalue weighted by Crippen LogP contribution is 2.53. The smallest absolute Gasteiger partial charge is 0.307 e. The molecular weight excluding hydrogens is 1970 g/mol. The number of ether oxygens (including phenoxy) is 16. The quantitative estimate of drug-likeness (QED) is 0.0255. The third-order valence-electron chi connectivity index (χ3n) is 24.6. The average molecular weight is 2100 g/mol. The Morgan fingerprint density at radius 1 is 0.304 bits per heavy atom. The van der Waals surface area contributed by atoms with Gasteiger partial charge in [0.15, 0.2) is 50.3 Å². The van der Waals surface area contributed by atoms with Crippen LogP contribution >= 0.6 is 94.1 Å². The molecule has 778 valence electrons. The van der Waals surface area contributed by atoms with Crippen LogP contribution < -0.4 is 0 Å². The summed E-state index contributed by atoms with van der Waals surface area (Å²) in [7, 11) is 0. The number of thioether (sulfide) groups is 8. The Balaban J connectivity index is 1.17. The lowest BCUT2D eigenvalue weighted by molar-refractivity contribution is -0.443. The van der Waals surface area contributed by atoms with Crippen LogP contribution in [0, 0.1) is 5.92 Å². The lowest BCUT2D eigenvalue weighted by Crippen LogP contribution is -2.80. The summed E-state index contributed by atoms with van der Waals surface area (Å²) in [5.41, 5.74) is -9.93. The standard InChI is InChI=1S/C79H126O48S8/c1-29(67(109)110)21-134-28-76(4)79(7)78(6,111)65(108)75(125-76)123-64-37(27-133-19-13-43(90)91)116-72(56(105)49(64)98)121-62-35(25-131-17-11-41(86)87)114-70(54(103)47(62)96)119-60-33(23-129-15-9-39(82)83)112-68(52(101)45(60)94)118-59-32(22-128-14-8-38(80)81)113-69(53(102)46(59)95)120-61-34(24-130-16-10-40(84)85)115-71(55(104)48(61)97)122-63-36(26-132-18-12-42(88)89)117-73(57(106)50(63)99)124-66-51(100)58(107)74(127-79)126-77(66,5)31(3)135-30(2)20-44(92)93/h29-37,45-66,68-75,94-108,111H,8-28H2,1-7H3,(H,80,81)(H,82,83)(H,84,85)(H,86,87)(H,88,89)(H,90,91)(H,92,93)(H,109,110)/t29?,30?,31?,32-,33-,34-,35-,36-,37-,45-,46-,47-,48-,49-,50-,51-,52-,53-,54-,55-,56-,57-,58-,59-,60-,61-,62-,63-,64-,65+,66+,68-,69-,70-,71-,72-,73-,74-,75+,76-,77-,78-,79-/m1/s1. The van der Waals surface area contributed by atoms with Gasteiger partial charge >= 0.3 is 47.8 Å². The fourth-order valence-corrected chi connectivity index (χ4v) is 25.1. The first-order valence-corrected chi connectivity index (χ1v) is 52.3. The molecular formula is C79H126O48S8. The van der Waals surface area contributed by atoms with Crippen LogP contribution in [-0.2, 0) is 114 Å². The second-order valence-corrected chi connectivity index (χ2v) is 44.4. The van der Waals surface area contributed by atoms with Crippen molar-refractivity contribution in [3.8, 4) is 0 Å². The molecule has 30 aliphatic heterocycles. The molecule has 30 fully saturated rings. The lowest BCUT2D eigenvalue weighted by Gasteiger charge is -2.62. The van der Waals surface area contributed by atoms with E-state index < -0.39 is 382 Å². The van der Waals surface area contributed by atoms with Crippen LogP contribution in [0.15, 0.2) is 0 Å². The van der Waals surface area contributed by atoms with Crippen LogP contribution in [-0.4, -0.2) is 505 Å². The van der Waals surface area contributed by atoms with Crippen molar-refractivity contribution in [2.45, 2.75) is 348 Å². The number of carbonyl (C=O) groups is 8. The van der Waals surface area contributed by atoms with E-state index in [2.05, 4.69) is 0 Å². The summed E-state index contributed by atoms with van der Waals surface area (Å²) in [6, 6.07) is 0. The maximum absolute atomic E-state index is 13.4. The molecule has 43 atom stereocenters. The van der Waals surface area contributed by atoms with Gasteiger partial charge in [-0.15, -0.1) is 0 Å². The predicted molar refractivity (Wildman–Crippen MR) is 473 cm³/mol. The predicted octanol–water partition coefficient (Wildman–Crippen LogP) is -5.10. The minimum Gasteiger partial charge on any atom is -0.481 e. The van der Waals surface area contributed by atoms with E-state index in [4.69, 9.17) is 75.8 Å². The van der Waals surface area contributed by atoms with Gasteiger partial charge in [0.25, 0.3) is 0 Å². The number of aliphatic hydroxyl groups is 16. The monoisotopic (exact) mass is 2100 g/mol. The van der Waals surface area contributed by atoms with Crippen LogP contribution in [0.4, 0.5) is 0 Å². The molecule has 48 nitrogen and oxygen atoms in total. The van der Waals surface area contributed by atoms with Crippen molar-refractivity contribution in [2.24, 2.45) is 5.92 Å². The van der Waals surface area contributed by atoms with Gasteiger partial charge in [-0.2, -0.15) is 94.1 Å². The van der Waals surface area contributed by atoms with Gasteiger partial charge in [0.05, 0.1) is 87.5 Å². The first kappa shape index (κ1) is 116. The Morgan fingerprint density at radius 2 is 0.563 bits per heavy atom. The van der Waals surface area contributed by atoms with E-state index in [1.165, 1.54) is 41.5 Å². The van der Waals surface area contributed by atoms with Crippen molar-refractivity contribution < 1.29 is 237 Å². The molecule has 3 unspecified atom stereocenters. The van der Waals surface area contributed by atoms with Gasteiger partial charge in [-0.25, -0.2) is 0 Å². The van der Waals surface area contributed by atoms with Crippen molar-refractivity contribution >= 4 is 142 Å². The summed E-state index contributed by atoms with van der Waals surface area (Å²) in [5.74, 6) is -15.3. The van der Waals surface area contributed by atoms with Gasteiger partial charge in [0.1, 0.15) is 157 Å². The number of carboxylic acids is 8. The Labute approximate surface area is 807 Å². The van der Waals surface area contributed by atoms with Crippen molar-refractivity contribution in [3.63, 3.8) is 0 Å². The minimum atomic E-state index is -2.88. The van der Waals surface area contributed by atoms with Crippen LogP contribution in [0.2, 0.25) is 0 Å². The second kappa shape index (κ2) is 51.9. The molecule has 30 aliphatic rings. The number of aliphatic carboxylic acids is 8. The van der Waals surface area contributed by atoms with Gasteiger partial charge in [-0.05, 0) is 27.7 Å². The molecule has 0 aromatic heterocycles. The summed E-state index contributed by atoms with van der Waals surface area (Å²) < 4.78 is 103. The molecule has 30 rings (SSSR count). The third kappa shape index (κ3) is 29.4. The van der Waals surface area contributed by atoms with Gasteiger partial charge in [0, 0.05) is 91.0 Å². The SMILES string of the molecule is CC(CC(=O)O)SC(C)[C@@]1(C)O[C@@H]2O[C@]3(C)[C@@](C)(CSCC(C)C(=O)O)O[C@H](O[C@H]4[C@H](O)[C@@H](O)[C@@H](O[C@H]5[C@H](O)[C@@H](O)[C@@H](O[C@H]6[C@H](O)[C@@H](O)[C@@H](O[C@H]7[C@H](O)[C@@H](O)[C@@H](O[C@H]8[C@H](O)[C@@H](O)[C@@H](O[C@H]9[C@H](O)[C@@H](O)[C@H](O[C@@H]9CSCCC(=O)O)O[C@H]1[C@H](O)[C@H]2O)O[C@@H]8CSCCC(=O)O)O[C@@H]7CSCCC(=O)O)O[C@@H]6CSCCC(=O)O)O[C@@H]5CSCCC(=O)O)O[C@@H]4CSCCC(=O)O)[C@H](O)[C@@]3(C)O. The molecule has 0 saturated carbocycles. The Bertz CT molecular complexity index is 3810. The van der Waals surface area contributed by atoms with E-state index >= 15 is 0 Å². The molecule has 56 heteroatoms. The topological polar surface area (TPSA) is 770 Å². The van der Waals surface area contributed by atoms with Crippen molar-refractivity contribution in [1.82, 2.24) is 0 Å². The van der Waals surface area contributed by atoms with Crippen LogP contribution in [0.1, 0.15) is 93.4 Å². The summed E-state index contributed by atoms with van der Waals surface area (Å²) in [6.45, 7) is 9.11. The van der Waals surface area contributed by atoms with Gasteiger partial charge < -0.3 is 198 Å². The number of rotatable bonds is 40. The Kier molecular flexibility index (Phi) is 44.5. The van der Waals surface area contributed by atoms with E-state index in [0.717, 1.165) is 101 Å². The number of aliphatic hydroxyl groups excluding tert-OH is 15. The number of hydrogen-bond acceptors (Lipinski definition) is 48. The summed E-state index contributed by atoms with van der Waals surface area (Å²) in [5, 5.41) is 276. The molecule has 135 heavy (non-hydrogen) atoms. The molecule has 0 amide bonds. The summed E-state index contributed by atoms with van der Waals surface area (Å²) in [4.78, 5) is 96.0. The Hall–Kier alpha value is -2.72. The zero-order valence-electron chi connectivity index (χ0n) is 74.2. The van der Waals surface area contributed by atoms with Crippen LogP contribution in [0.3, 0.4) is 0 Å². The molecule has 0 spiro atoms. The number of hydrogen-bond donors (Lipinski definition) is 24. The van der Waals surface area contributed by atoms with Gasteiger partial charge in [-0.1, -0.05) is 20.8 Å². The van der Waals surface area contributed by atoms with E-state index in [-0.39, 0.29) is 51.8 Å². The largest absolute Gasteiger partial charge is 0.481 e. The highest BCUT2D eigenvalue weighted by atomic mass is 32.2. The summed E-state index contributed by atoms with van der Waals surface area (Å²) >= 11 is 7.08. The van der Waals surface area contributed by atoms with Gasteiger partial charge in [0.2, 0.25) is 0 Å². The number of carboxylic acid groups (broad SMARTS) is 8. The summed E-state index contributed by atoms with van der Waals surface area (Å²) in [6.07, 6.45) is -79.5. The first-order valence-electron chi connectivity index (χ1n) is 43.3. The highest BCUT2D eigenvalue weighted by molar-refractivity contribution is 8.01. The highest BCUT2D eigenvalue weighted by Gasteiger charge is 2.71. The maximum atomic E-state index is 13.4. The molecule has 30 saturated heterocycles. The van der Waals surface area contributed by atoms with Crippen molar-refractivity contribution in [3.05, 3.63) is 0 Å².